The summed E-state index contributed by atoms with van der Waals surface area (Å²) in [6.07, 6.45) is -0.867. The molecule has 4 aromatic rings. The zero-order valence-electron chi connectivity index (χ0n) is 25.1. The van der Waals surface area contributed by atoms with E-state index < -0.39 is 24.1 Å². The van der Waals surface area contributed by atoms with Gasteiger partial charge in [0.25, 0.3) is 0 Å². The second kappa shape index (κ2) is 14.4. The summed E-state index contributed by atoms with van der Waals surface area (Å²) in [5.74, 6) is -0.0773. The molecule has 2 aliphatic rings. The van der Waals surface area contributed by atoms with Crippen LogP contribution >= 0.6 is 0 Å². The Balaban J connectivity index is 1.24. The molecule has 4 aromatic carbocycles. The number of ether oxygens (including phenoxy) is 5. The Hall–Kier alpha value is -3.65. The highest BCUT2D eigenvalue weighted by Crippen LogP contribution is 2.46. The van der Waals surface area contributed by atoms with Crippen LogP contribution in [-0.2, 0) is 43.5 Å². The number of hydrogen-bond donors (Lipinski definition) is 0. The van der Waals surface area contributed by atoms with Crippen molar-refractivity contribution in [3.8, 4) is 0 Å². The number of rotatable bonds is 13. The normalized spacial score (nSPS) is 26.2. The van der Waals surface area contributed by atoms with E-state index in [1.165, 1.54) is 0 Å². The molecule has 0 saturated carbocycles. The fourth-order valence-corrected chi connectivity index (χ4v) is 6.25. The zero-order valence-corrected chi connectivity index (χ0v) is 25.1. The van der Waals surface area contributed by atoms with Crippen LogP contribution in [0.4, 0.5) is 0 Å². The van der Waals surface area contributed by atoms with Gasteiger partial charge in [-0.3, -0.25) is 4.79 Å². The molecule has 0 unspecified atom stereocenters. The molecular formula is C38H40O6. The number of carbonyl (C=O) groups is 1. The second-order valence-corrected chi connectivity index (χ2v) is 12.0. The molecular weight excluding hydrogens is 552 g/mol. The molecule has 2 fully saturated rings. The topological polar surface area (TPSA) is 63.2 Å². The molecule has 0 N–H and O–H groups in total. The van der Waals surface area contributed by atoms with Gasteiger partial charge in [0.2, 0.25) is 0 Å². The van der Waals surface area contributed by atoms with Crippen molar-refractivity contribution >= 4 is 5.78 Å². The standard InChI is InChI=1S/C38H40O6/c1-38(23-33(39)31-20-12-5-13-21-31)22-32-35(41-25-29-16-8-3-9-17-29)36(42-26-30-18-10-4-11-19-30)34(43-37(32)44-38)27-40-24-28-14-6-2-7-15-28/h2-21,32,34-37H,22-27H2,1H3/t32-,34-,35-,36+,37-,38-/m1/s1. The van der Waals surface area contributed by atoms with E-state index in [0.29, 0.717) is 38.4 Å². The fraction of sp³-hybridized carbons (Fsp3) is 0.342. The van der Waals surface area contributed by atoms with Gasteiger partial charge in [0.1, 0.15) is 12.2 Å². The highest BCUT2D eigenvalue weighted by Gasteiger charge is 2.56. The van der Waals surface area contributed by atoms with Gasteiger partial charge >= 0.3 is 0 Å². The summed E-state index contributed by atoms with van der Waals surface area (Å²) in [6.45, 7) is 3.62. The zero-order chi connectivity index (χ0) is 30.2. The maximum Gasteiger partial charge on any atom is 0.165 e. The number of fused-ring (bicyclic) bond motifs is 1. The summed E-state index contributed by atoms with van der Waals surface area (Å²) in [4.78, 5) is 13.3. The highest BCUT2D eigenvalue weighted by molar-refractivity contribution is 5.96. The monoisotopic (exact) mass is 592 g/mol. The maximum absolute atomic E-state index is 13.3. The van der Waals surface area contributed by atoms with E-state index in [-0.39, 0.29) is 24.2 Å². The first-order valence-corrected chi connectivity index (χ1v) is 15.4. The lowest BCUT2D eigenvalue weighted by atomic mass is 9.83. The van der Waals surface area contributed by atoms with E-state index >= 15 is 0 Å². The van der Waals surface area contributed by atoms with Crippen LogP contribution in [0.25, 0.3) is 0 Å². The maximum atomic E-state index is 13.3. The molecule has 228 valence electrons. The van der Waals surface area contributed by atoms with Crippen molar-refractivity contribution in [2.45, 2.75) is 69.8 Å². The summed E-state index contributed by atoms with van der Waals surface area (Å²) in [5.41, 5.74) is 3.21. The van der Waals surface area contributed by atoms with E-state index in [1.807, 2.05) is 104 Å². The van der Waals surface area contributed by atoms with Crippen LogP contribution in [-0.4, -0.2) is 42.6 Å². The average molecular weight is 593 g/mol. The number of carbonyl (C=O) groups excluding carboxylic acids is 1. The molecule has 6 heteroatoms. The number of ketones is 1. The molecule has 0 aliphatic carbocycles. The van der Waals surface area contributed by atoms with Crippen LogP contribution in [0.3, 0.4) is 0 Å². The molecule has 44 heavy (non-hydrogen) atoms. The second-order valence-electron chi connectivity index (χ2n) is 12.0. The Morgan fingerprint density at radius 1 is 0.705 bits per heavy atom. The summed E-state index contributed by atoms with van der Waals surface area (Å²) >= 11 is 0. The lowest BCUT2D eigenvalue weighted by Crippen LogP contribution is -2.56. The van der Waals surface area contributed by atoms with Gasteiger partial charge in [0.05, 0.1) is 38.1 Å². The Morgan fingerprint density at radius 3 is 1.77 bits per heavy atom. The predicted octanol–water partition coefficient (Wildman–Crippen LogP) is 7.17. The van der Waals surface area contributed by atoms with Gasteiger partial charge in [-0.15, -0.1) is 0 Å². The minimum absolute atomic E-state index is 0.0492. The van der Waals surface area contributed by atoms with Crippen molar-refractivity contribution in [3.63, 3.8) is 0 Å². The van der Waals surface area contributed by atoms with E-state index in [1.54, 1.807) is 0 Å². The molecule has 0 aromatic heterocycles. The molecule has 2 heterocycles. The Bertz CT molecular complexity index is 1450. The predicted molar refractivity (Wildman–Crippen MR) is 168 cm³/mol. The fourth-order valence-electron chi connectivity index (χ4n) is 6.25. The van der Waals surface area contributed by atoms with E-state index in [4.69, 9.17) is 23.7 Å². The Labute approximate surface area is 259 Å². The van der Waals surface area contributed by atoms with Crippen molar-refractivity contribution in [3.05, 3.63) is 144 Å². The first-order valence-electron chi connectivity index (χ1n) is 15.4. The summed E-state index contributed by atoms with van der Waals surface area (Å²) in [7, 11) is 0. The van der Waals surface area contributed by atoms with Gasteiger partial charge in [-0.1, -0.05) is 121 Å². The number of Topliss-reactive ketones (excluding diaryl/α,β-unsaturated/α-hetero) is 1. The van der Waals surface area contributed by atoms with Crippen LogP contribution in [0.2, 0.25) is 0 Å². The highest BCUT2D eigenvalue weighted by atomic mass is 16.7. The van der Waals surface area contributed by atoms with Crippen LogP contribution in [0.15, 0.2) is 121 Å². The molecule has 0 radical (unpaired) electrons. The van der Waals surface area contributed by atoms with Crippen molar-refractivity contribution in [2.24, 2.45) is 5.92 Å². The van der Waals surface area contributed by atoms with Crippen LogP contribution in [0.5, 0.6) is 0 Å². The summed E-state index contributed by atoms with van der Waals surface area (Å²) in [6, 6.07) is 39.7. The van der Waals surface area contributed by atoms with E-state index in [9.17, 15) is 4.79 Å². The van der Waals surface area contributed by atoms with Gasteiger partial charge in [-0.2, -0.15) is 0 Å². The van der Waals surface area contributed by atoms with Gasteiger partial charge < -0.3 is 23.7 Å². The molecule has 6 atom stereocenters. The Morgan fingerprint density at radius 2 is 1.20 bits per heavy atom. The summed E-state index contributed by atoms with van der Waals surface area (Å²) in [5, 5.41) is 0. The third kappa shape index (κ3) is 7.70. The molecule has 2 aliphatic heterocycles. The lowest BCUT2D eigenvalue weighted by molar-refractivity contribution is -0.291. The van der Waals surface area contributed by atoms with E-state index in [0.717, 1.165) is 16.7 Å². The number of benzene rings is 4. The minimum atomic E-state index is -0.708. The SMILES string of the molecule is C[C@]1(CC(=O)c2ccccc2)C[C@H]2[C@H](O[C@H](COCc3ccccc3)[C@H](OCc3ccccc3)[C@@H]2OCc2ccccc2)O1. The van der Waals surface area contributed by atoms with Crippen molar-refractivity contribution in [2.75, 3.05) is 6.61 Å². The van der Waals surface area contributed by atoms with Gasteiger partial charge in [-0.25, -0.2) is 0 Å². The average Bonchev–Trinajstić information content (AvgIpc) is 3.40. The quantitative estimate of drug-likeness (QED) is 0.154. The van der Waals surface area contributed by atoms with Gasteiger partial charge in [0.15, 0.2) is 12.1 Å². The molecule has 6 rings (SSSR count). The smallest absolute Gasteiger partial charge is 0.165 e. The molecule has 0 amide bonds. The van der Waals surface area contributed by atoms with Gasteiger partial charge in [0, 0.05) is 17.9 Å². The van der Waals surface area contributed by atoms with Crippen molar-refractivity contribution < 1.29 is 28.5 Å². The third-order valence-corrected chi connectivity index (χ3v) is 8.43. The van der Waals surface area contributed by atoms with Crippen molar-refractivity contribution in [1.29, 1.82) is 0 Å². The molecule has 0 spiro atoms. The van der Waals surface area contributed by atoms with Crippen LogP contribution in [0, 0.1) is 5.92 Å². The third-order valence-electron chi connectivity index (χ3n) is 8.43. The van der Waals surface area contributed by atoms with Crippen LogP contribution < -0.4 is 0 Å². The Kier molecular flexibility index (Phi) is 9.96. The largest absolute Gasteiger partial charge is 0.374 e. The van der Waals surface area contributed by atoms with E-state index in [2.05, 4.69) is 24.3 Å². The van der Waals surface area contributed by atoms with Gasteiger partial charge in [-0.05, 0) is 30.0 Å². The molecule has 2 saturated heterocycles. The summed E-state index contributed by atoms with van der Waals surface area (Å²) < 4.78 is 32.9. The van der Waals surface area contributed by atoms with Crippen LogP contribution in [0.1, 0.15) is 46.8 Å². The van der Waals surface area contributed by atoms with Crippen molar-refractivity contribution in [1.82, 2.24) is 0 Å². The minimum Gasteiger partial charge on any atom is -0.374 e. The molecule has 6 nitrogen and oxygen atoms in total. The lowest BCUT2D eigenvalue weighted by Gasteiger charge is -2.43. The molecule has 0 bridgehead atoms. The first kappa shape index (κ1) is 30.4. The number of hydrogen-bond acceptors (Lipinski definition) is 6. The first-order chi connectivity index (χ1) is 21.6.